The van der Waals surface area contributed by atoms with Gasteiger partial charge in [0.2, 0.25) is 0 Å². The molecule has 1 aromatic rings. The van der Waals surface area contributed by atoms with Crippen molar-refractivity contribution in [1.82, 2.24) is 9.88 Å². The van der Waals surface area contributed by atoms with E-state index in [-0.39, 0.29) is 12.1 Å². The number of carbonyl (C=O) groups is 1. The molecule has 2 unspecified atom stereocenters. The van der Waals surface area contributed by atoms with Gasteiger partial charge in [-0.15, -0.1) is 0 Å². The van der Waals surface area contributed by atoms with Gasteiger partial charge in [-0.2, -0.15) is 0 Å². The molecular formula is C19H31N3O2. The Morgan fingerprint density at radius 2 is 2.21 bits per heavy atom. The van der Waals surface area contributed by atoms with Crippen molar-refractivity contribution in [2.24, 2.45) is 0 Å². The Bertz CT molecular complexity index is 568. The van der Waals surface area contributed by atoms with Crippen LogP contribution in [0.2, 0.25) is 0 Å². The number of hydrogen-bond acceptors (Lipinski definition) is 4. The molecule has 1 amide bonds. The van der Waals surface area contributed by atoms with Crippen LogP contribution < -0.4 is 4.90 Å². The molecule has 5 heteroatoms. The summed E-state index contributed by atoms with van der Waals surface area (Å²) in [6, 6.07) is 4.38. The van der Waals surface area contributed by atoms with Crippen LogP contribution in [0, 0.1) is 0 Å². The van der Waals surface area contributed by atoms with Gasteiger partial charge in [-0.3, -0.25) is 9.80 Å². The third-order valence-corrected chi connectivity index (χ3v) is 4.55. The van der Waals surface area contributed by atoms with Crippen LogP contribution in [0.25, 0.3) is 0 Å². The van der Waals surface area contributed by atoms with Crippen molar-refractivity contribution in [2.45, 2.75) is 71.6 Å². The molecule has 0 N–H and O–H groups in total. The van der Waals surface area contributed by atoms with Gasteiger partial charge in [0.05, 0.1) is 0 Å². The van der Waals surface area contributed by atoms with E-state index in [0.717, 1.165) is 30.8 Å². The quantitative estimate of drug-likeness (QED) is 0.820. The van der Waals surface area contributed by atoms with E-state index < -0.39 is 5.60 Å². The van der Waals surface area contributed by atoms with E-state index in [9.17, 15) is 4.79 Å². The van der Waals surface area contributed by atoms with Gasteiger partial charge in [0.1, 0.15) is 11.4 Å². The van der Waals surface area contributed by atoms with E-state index in [4.69, 9.17) is 4.74 Å². The molecule has 1 aromatic heterocycles. The summed E-state index contributed by atoms with van der Waals surface area (Å²) in [6.07, 6.45) is 4.55. The van der Waals surface area contributed by atoms with Crippen molar-refractivity contribution in [3.8, 4) is 0 Å². The minimum absolute atomic E-state index is 0.0280. The zero-order valence-corrected chi connectivity index (χ0v) is 15.9. The monoisotopic (exact) mass is 333 g/mol. The van der Waals surface area contributed by atoms with Crippen molar-refractivity contribution in [3.05, 3.63) is 23.9 Å². The van der Waals surface area contributed by atoms with E-state index in [1.165, 1.54) is 6.42 Å². The van der Waals surface area contributed by atoms with Gasteiger partial charge in [0.15, 0.2) is 0 Å². The van der Waals surface area contributed by atoms with Gasteiger partial charge in [-0.25, -0.2) is 9.78 Å². The summed E-state index contributed by atoms with van der Waals surface area (Å²) in [7, 11) is 2.13. The van der Waals surface area contributed by atoms with Crippen molar-refractivity contribution < 1.29 is 9.53 Å². The Morgan fingerprint density at radius 3 is 2.75 bits per heavy atom. The Morgan fingerprint density at radius 1 is 1.50 bits per heavy atom. The highest BCUT2D eigenvalue weighted by Crippen LogP contribution is 2.36. The first-order valence-electron chi connectivity index (χ1n) is 8.92. The smallest absolute Gasteiger partial charge is 0.416 e. The minimum atomic E-state index is -0.526. The maximum atomic E-state index is 12.9. The van der Waals surface area contributed by atoms with Crippen molar-refractivity contribution in [1.29, 1.82) is 0 Å². The molecule has 5 nitrogen and oxygen atoms in total. The minimum Gasteiger partial charge on any atom is -0.443 e. The molecule has 2 rings (SSSR count). The third-order valence-electron chi connectivity index (χ3n) is 4.55. The zero-order valence-electron chi connectivity index (χ0n) is 15.9. The number of pyridine rings is 1. The molecular weight excluding hydrogens is 302 g/mol. The predicted octanol–water partition coefficient (Wildman–Crippen LogP) is 4.39. The Labute approximate surface area is 146 Å². The molecule has 1 aliphatic rings. The van der Waals surface area contributed by atoms with Crippen molar-refractivity contribution >= 4 is 11.9 Å². The second-order valence-corrected chi connectivity index (χ2v) is 7.66. The Kier molecular flexibility index (Phi) is 5.86. The topological polar surface area (TPSA) is 45.7 Å². The van der Waals surface area contributed by atoms with Crippen LogP contribution in [0.15, 0.2) is 18.3 Å². The Hall–Kier alpha value is -1.62. The number of likely N-dealkylation sites (tertiary alicyclic amines) is 1. The summed E-state index contributed by atoms with van der Waals surface area (Å²) in [4.78, 5) is 21.5. The maximum Gasteiger partial charge on any atom is 0.416 e. The first-order chi connectivity index (χ1) is 11.2. The molecule has 0 aliphatic carbocycles. The summed E-state index contributed by atoms with van der Waals surface area (Å²) < 4.78 is 5.66. The molecule has 0 saturated carbocycles. The average Bonchev–Trinajstić information content (AvgIpc) is 2.92. The van der Waals surface area contributed by atoms with E-state index in [2.05, 4.69) is 29.9 Å². The van der Waals surface area contributed by atoms with Crippen LogP contribution in [0.4, 0.5) is 10.6 Å². The molecule has 0 aromatic carbocycles. The van der Waals surface area contributed by atoms with Crippen molar-refractivity contribution in [2.75, 3.05) is 18.5 Å². The van der Waals surface area contributed by atoms with E-state index in [1.54, 1.807) is 11.1 Å². The number of aromatic nitrogens is 1. The molecule has 1 aliphatic heterocycles. The molecule has 0 bridgehead atoms. The fourth-order valence-corrected chi connectivity index (χ4v) is 3.14. The molecule has 0 radical (unpaired) electrons. The van der Waals surface area contributed by atoms with E-state index in [1.807, 2.05) is 33.8 Å². The summed E-state index contributed by atoms with van der Waals surface area (Å²) in [5, 5.41) is 0. The first-order valence-corrected chi connectivity index (χ1v) is 8.92. The van der Waals surface area contributed by atoms with Crippen LogP contribution in [-0.4, -0.2) is 41.2 Å². The molecule has 0 spiro atoms. The summed E-state index contributed by atoms with van der Waals surface area (Å²) in [5.41, 5.74) is 0.589. The van der Waals surface area contributed by atoms with Gasteiger partial charge in [-0.1, -0.05) is 13.0 Å². The molecule has 1 fully saturated rings. The maximum absolute atomic E-state index is 12.9. The van der Waals surface area contributed by atoms with Crippen LogP contribution >= 0.6 is 0 Å². The average molecular weight is 333 g/mol. The number of ether oxygens (including phenoxy) is 1. The largest absolute Gasteiger partial charge is 0.443 e. The zero-order chi connectivity index (χ0) is 17.9. The van der Waals surface area contributed by atoms with Gasteiger partial charge in [0, 0.05) is 23.8 Å². The third kappa shape index (κ3) is 4.26. The van der Waals surface area contributed by atoms with E-state index in [0.29, 0.717) is 6.04 Å². The van der Waals surface area contributed by atoms with Gasteiger partial charge >= 0.3 is 6.09 Å². The lowest BCUT2D eigenvalue weighted by molar-refractivity contribution is 0.0565. The first kappa shape index (κ1) is 18.7. The molecule has 2 atom stereocenters. The predicted molar refractivity (Wildman–Crippen MR) is 97.3 cm³/mol. The molecule has 134 valence electrons. The molecule has 2 heterocycles. The summed E-state index contributed by atoms with van der Waals surface area (Å²) in [5.74, 6) is 0.736. The SMILES string of the molecule is CCC(C)N(C(=O)OC(C)(C)C)c1ncccc1C1CCCN1C. The fraction of sp³-hybridized carbons (Fsp3) is 0.684. The van der Waals surface area contributed by atoms with Crippen LogP contribution in [0.1, 0.15) is 65.5 Å². The number of rotatable bonds is 4. The van der Waals surface area contributed by atoms with Gasteiger partial charge in [0.25, 0.3) is 0 Å². The summed E-state index contributed by atoms with van der Waals surface area (Å²) >= 11 is 0. The summed E-state index contributed by atoms with van der Waals surface area (Å²) in [6.45, 7) is 10.9. The lowest BCUT2D eigenvalue weighted by Gasteiger charge is -2.33. The van der Waals surface area contributed by atoms with E-state index >= 15 is 0 Å². The number of nitrogens with zero attached hydrogens (tertiary/aromatic N) is 3. The highest BCUT2D eigenvalue weighted by Gasteiger charge is 2.33. The second-order valence-electron chi connectivity index (χ2n) is 7.66. The lowest BCUT2D eigenvalue weighted by atomic mass is 10.0. The highest BCUT2D eigenvalue weighted by atomic mass is 16.6. The van der Waals surface area contributed by atoms with Gasteiger partial charge < -0.3 is 4.74 Å². The lowest BCUT2D eigenvalue weighted by Crippen LogP contribution is -2.43. The second kappa shape index (κ2) is 7.51. The van der Waals surface area contributed by atoms with Crippen LogP contribution in [0.5, 0.6) is 0 Å². The number of amides is 1. The van der Waals surface area contributed by atoms with Crippen LogP contribution in [0.3, 0.4) is 0 Å². The van der Waals surface area contributed by atoms with Crippen LogP contribution in [-0.2, 0) is 4.74 Å². The van der Waals surface area contributed by atoms with Crippen molar-refractivity contribution in [3.63, 3.8) is 0 Å². The normalized spacial score (nSPS) is 20.0. The molecule has 24 heavy (non-hydrogen) atoms. The number of anilines is 1. The number of hydrogen-bond donors (Lipinski definition) is 0. The highest BCUT2D eigenvalue weighted by molar-refractivity contribution is 5.88. The van der Waals surface area contributed by atoms with Gasteiger partial charge in [-0.05, 0) is 66.6 Å². The molecule has 1 saturated heterocycles. The Balaban J connectivity index is 2.41. The number of carbonyl (C=O) groups excluding carboxylic acids is 1. The fourth-order valence-electron chi connectivity index (χ4n) is 3.14. The standard InChI is InChI=1S/C19H31N3O2/c1-7-14(2)22(18(23)24-19(3,4)5)17-15(10-8-12-20-17)16-11-9-13-21(16)6/h8,10,12,14,16H,7,9,11,13H2,1-6H3.